The van der Waals surface area contributed by atoms with Gasteiger partial charge in [0.15, 0.2) is 0 Å². The standard InChI is InChI=1S/C15H20O4S/c1-3-18-14(16)10-13(11-15(17)19-4-2)20-12-8-6-5-7-9-12/h5-9,13H,3-4,10-11H2,1-2H3. The molecule has 0 aromatic heterocycles. The van der Waals surface area contributed by atoms with Crippen LogP contribution in [0.5, 0.6) is 0 Å². The van der Waals surface area contributed by atoms with E-state index in [-0.39, 0.29) is 30.0 Å². The molecular weight excluding hydrogens is 276 g/mol. The maximum atomic E-state index is 11.6. The Balaban J connectivity index is 2.63. The predicted octanol–water partition coefficient (Wildman–Crippen LogP) is 3.05. The average Bonchev–Trinajstić information content (AvgIpc) is 2.40. The molecule has 0 unspecified atom stereocenters. The molecule has 0 aliphatic rings. The molecule has 0 atom stereocenters. The van der Waals surface area contributed by atoms with Crippen LogP contribution < -0.4 is 0 Å². The minimum atomic E-state index is -0.287. The summed E-state index contributed by atoms with van der Waals surface area (Å²) in [7, 11) is 0. The van der Waals surface area contributed by atoms with Gasteiger partial charge in [-0.1, -0.05) is 18.2 Å². The molecule has 0 spiro atoms. The monoisotopic (exact) mass is 296 g/mol. The summed E-state index contributed by atoms with van der Waals surface area (Å²) in [5, 5.41) is -0.171. The Kier molecular flexibility index (Phi) is 7.80. The molecule has 1 aromatic carbocycles. The van der Waals surface area contributed by atoms with E-state index in [1.165, 1.54) is 11.8 Å². The van der Waals surface area contributed by atoms with Crippen molar-refractivity contribution in [3.8, 4) is 0 Å². The van der Waals surface area contributed by atoms with Gasteiger partial charge in [-0.3, -0.25) is 9.59 Å². The lowest BCUT2D eigenvalue weighted by Gasteiger charge is -2.15. The summed E-state index contributed by atoms with van der Waals surface area (Å²) >= 11 is 1.50. The number of rotatable bonds is 8. The maximum Gasteiger partial charge on any atom is 0.306 e. The Morgan fingerprint density at radius 1 is 1.00 bits per heavy atom. The molecule has 0 heterocycles. The molecule has 1 aromatic rings. The second-order valence-corrected chi connectivity index (χ2v) is 5.44. The summed E-state index contributed by atoms with van der Waals surface area (Å²) in [6.07, 6.45) is 0.401. The van der Waals surface area contributed by atoms with Gasteiger partial charge in [0.25, 0.3) is 0 Å². The highest BCUT2D eigenvalue weighted by atomic mass is 32.2. The van der Waals surface area contributed by atoms with Crippen molar-refractivity contribution in [3.05, 3.63) is 30.3 Å². The molecule has 0 saturated carbocycles. The lowest BCUT2D eigenvalue weighted by Crippen LogP contribution is -2.18. The highest BCUT2D eigenvalue weighted by molar-refractivity contribution is 8.00. The molecule has 4 nitrogen and oxygen atoms in total. The smallest absolute Gasteiger partial charge is 0.306 e. The van der Waals surface area contributed by atoms with Gasteiger partial charge in [-0.05, 0) is 26.0 Å². The van der Waals surface area contributed by atoms with Crippen molar-refractivity contribution in [1.29, 1.82) is 0 Å². The van der Waals surface area contributed by atoms with Crippen molar-refractivity contribution < 1.29 is 19.1 Å². The molecule has 20 heavy (non-hydrogen) atoms. The molecule has 5 heteroatoms. The molecule has 0 N–H and O–H groups in total. The van der Waals surface area contributed by atoms with E-state index in [4.69, 9.17) is 9.47 Å². The summed E-state index contributed by atoms with van der Waals surface area (Å²) in [5.41, 5.74) is 0. The van der Waals surface area contributed by atoms with Crippen LogP contribution in [-0.4, -0.2) is 30.4 Å². The van der Waals surface area contributed by atoms with Gasteiger partial charge < -0.3 is 9.47 Å². The summed E-state index contributed by atoms with van der Waals surface area (Å²) in [4.78, 5) is 24.2. The van der Waals surface area contributed by atoms with Crippen LogP contribution >= 0.6 is 11.8 Å². The Bertz CT molecular complexity index is 399. The van der Waals surface area contributed by atoms with Gasteiger partial charge in [0, 0.05) is 10.1 Å². The molecule has 110 valence electrons. The number of benzene rings is 1. The fraction of sp³-hybridized carbons (Fsp3) is 0.467. The first-order chi connectivity index (χ1) is 9.65. The van der Waals surface area contributed by atoms with Crippen molar-refractivity contribution in [2.45, 2.75) is 36.8 Å². The number of esters is 2. The molecule has 0 amide bonds. The van der Waals surface area contributed by atoms with Crippen LogP contribution in [0.4, 0.5) is 0 Å². The molecule has 0 bridgehead atoms. The molecular formula is C15H20O4S. The van der Waals surface area contributed by atoms with Crippen molar-refractivity contribution in [3.63, 3.8) is 0 Å². The van der Waals surface area contributed by atoms with Crippen LogP contribution in [0, 0.1) is 0 Å². The molecule has 0 saturated heterocycles. The SMILES string of the molecule is CCOC(=O)CC(CC(=O)OCC)Sc1ccccc1. The zero-order valence-electron chi connectivity index (χ0n) is 11.8. The third-order valence-electron chi connectivity index (χ3n) is 2.45. The van der Waals surface area contributed by atoms with E-state index in [1.807, 2.05) is 30.3 Å². The van der Waals surface area contributed by atoms with E-state index >= 15 is 0 Å². The van der Waals surface area contributed by atoms with Crippen LogP contribution in [0.15, 0.2) is 35.2 Å². The van der Waals surface area contributed by atoms with Crippen LogP contribution in [-0.2, 0) is 19.1 Å². The lowest BCUT2D eigenvalue weighted by atomic mass is 10.2. The summed E-state index contributed by atoms with van der Waals surface area (Å²) in [6, 6.07) is 9.68. The first-order valence-corrected chi connectivity index (χ1v) is 7.56. The quantitative estimate of drug-likeness (QED) is 0.545. The number of carbonyl (C=O) groups is 2. The number of carbonyl (C=O) groups excluding carboxylic acids is 2. The van der Waals surface area contributed by atoms with E-state index in [0.29, 0.717) is 13.2 Å². The normalized spacial score (nSPS) is 10.3. The molecule has 0 aliphatic heterocycles. The first-order valence-electron chi connectivity index (χ1n) is 6.68. The van der Waals surface area contributed by atoms with Crippen LogP contribution in [0.2, 0.25) is 0 Å². The second-order valence-electron chi connectivity index (χ2n) is 4.07. The molecule has 0 aliphatic carbocycles. The number of thioether (sulfide) groups is 1. The summed E-state index contributed by atoms with van der Waals surface area (Å²) < 4.78 is 9.89. The third kappa shape index (κ3) is 6.61. The van der Waals surface area contributed by atoms with Gasteiger partial charge in [-0.25, -0.2) is 0 Å². The number of hydrogen-bond acceptors (Lipinski definition) is 5. The highest BCUT2D eigenvalue weighted by Crippen LogP contribution is 2.28. The topological polar surface area (TPSA) is 52.6 Å². The van der Waals surface area contributed by atoms with Gasteiger partial charge in [0.2, 0.25) is 0 Å². The Morgan fingerprint density at radius 3 is 1.95 bits per heavy atom. The van der Waals surface area contributed by atoms with E-state index in [2.05, 4.69) is 0 Å². The van der Waals surface area contributed by atoms with Gasteiger partial charge in [0.05, 0.1) is 26.1 Å². The predicted molar refractivity (Wildman–Crippen MR) is 78.6 cm³/mol. The van der Waals surface area contributed by atoms with E-state index in [0.717, 1.165) is 4.90 Å². The van der Waals surface area contributed by atoms with Gasteiger partial charge in [-0.2, -0.15) is 0 Å². The average molecular weight is 296 g/mol. The minimum absolute atomic E-state index is 0.171. The zero-order valence-corrected chi connectivity index (χ0v) is 12.7. The summed E-state index contributed by atoms with van der Waals surface area (Å²) in [5.74, 6) is -0.574. The van der Waals surface area contributed by atoms with Gasteiger partial charge in [-0.15, -0.1) is 11.8 Å². The van der Waals surface area contributed by atoms with Crippen molar-refractivity contribution in [2.75, 3.05) is 13.2 Å². The Hall–Kier alpha value is -1.49. The fourth-order valence-electron chi connectivity index (χ4n) is 1.66. The van der Waals surface area contributed by atoms with Gasteiger partial charge >= 0.3 is 11.9 Å². The largest absolute Gasteiger partial charge is 0.466 e. The van der Waals surface area contributed by atoms with Crippen molar-refractivity contribution in [2.24, 2.45) is 0 Å². The fourth-order valence-corrected chi connectivity index (χ4v) is 2.80. The maximum absolute atomic E-state index is 11.6. The van der Waals surface area contributed by atoms with E-state index in [1.54, 1.807) is 13.8 Å². The highest BCUT2D eigenvalue weighted by Gasteiger charge is 2.20. The number of ether oxygens (including phenoxy) is 2. The Labute approximate surface area is 123 Å². The van der Waals surface area contributed by atoms with Crippen molar-refractivity contribution >= 4 is 23.7 Å². The van der Waals surface area contributed by atoms with E-state index < -0.39 is 0 Å². The van der Waals surface area contributed by atoms with Gasteiger partial charge in [0.1, 0.15) is 0 Å². The lowest BCUT2D eigenvalue weighted by molar-refractivity contribution is -0.144. The molecule has 1 rings (SSSR count). The summed E-state index contributed by atoms with van der Waals surface area (Å²) in [6.45, 7) is 4.23. The first kappa shape index (κ1) is 16.6. The minimum Gasteiger partial charge on any atom is -0.466 e. The second kappa shape index (κ2) is 9.42. The molecule has 0 radical (unpaired) electrons. The Morgan fingerprint density at radius 2 is 1.50 bits per heavy atom. The van der Waals surface area contributed by atoms with Crippen LogP contribution in [0.1, 0.15) is 26.7 Å². The van der Waals surface area contributed by atoms with E-state index in [9.17, 15) is 9.59 Å². The van der Waals surface area contributed by atoms with Crippen LogP contribution in [0.3, 0.4) is 0 Å². The zero-order chi connectivity index (χ0) is 14.8. The molecule has 0 fully saturated rings. The number of hydrogen-bond donors (Lipinski definition) is 0. The van der Waals surface area contributed by atoms with Crippen LogP contribution in [0.25, 0.3) is 0 Å². The van der Waals surface area contributed by atoms with Crippen molar-refractivity contribution in [1.82, 2.24) is 0 Å². The third-order valence-corrected chi connectivity index (χ3v) is 3.66.